The Hall–Kier alpha value is -0.910. The van der Waals surface area contributed by atoms with Gasteiger partial charge in [-0.25, -0.2) is 0 Å². The molecule has 1 heterocycles. The number of nitrogens with one attached hydrogen (secondary N) is 1. The lowest BCUT2D eigenvalue weighted by molar-refractivity contribution is 0.170. The Morgan fingerprint density at radius 3 is 3.06 bits per heavy atom. The van der Waals surface area contributed by atoms with Crippen molar-refractivity contribution in [3.8, 4) is 11.5 Å². The Labute approximate surface area is 105 Å². The molecule has 2 N–H and O–H groups in total. The quantitative estimate of drug-likeness (QED) is 0.753. The minimum atomic E-state index is -0.508. The molecular weight excluding hydrogens is 238 g/mol. The Kier molecular flexibility index (Phi) is 4.53. The summed E-state index contributed by atoms with van der Waals surface area (Å²) >= 11 is 1.78. The number of ether oxygens (including phenoxy) is 2. The van der Waals surface area contributed by atoms with E-state index in [1.165, 1.54) is 0 Å². The van der Waals surface area contributed by atoms with Crippen LogP contribution in [0.25, 0.3) is 0 Å². The van der Waals surface area contributed by atoms with Crippen molar-refractivity contribution < 1.29 is 14.6 Å². The Bertz CT molecular complexity index is 373. The van der Waals surface area contributed by atoms with Crippen LogP contribution in [0.2, 0.25) is 0 Å². The lowest BCUT2D eigenvalue weighted by atomic mass is 10.1. The lowest BCUT2D eigenvalue weighted by Crippen LogP contribution is -2.23. The van der Waals surface area contributed by atoms with Gasteiger partial charge in [0.05, 0.1) is 6.10 Å². The molecule has 0 bridgehead atoms. The van der Waals surface area contributed by atoms with E-state index in [-0.39, 0.29) is 6.79 Å². The molecule has 0 aromatic heterocycles. The third-order valence-corrected chi connectivity index (χ3v) is 3.21. The summed E-state index contributed by atoms with van der Waals surface area (Å²) in [6, 6.07) is 5.54. The number of benzene rings is 1. The highest BCUT2D eigenvalue weighted by molar-refractivity contribution is 7.98. The van der Waals surface area contributed by atoms with Crippen LogP contribution in [0.3, 0.4) is 0 Å². The first-order valence-electron chi connectivity index (χ1n) is 5.58. The van der Waals surface area contributed by atoms with E-state index in [0.29, 0.717) is 12.3 Å². The maximum Gasteiger partial charge on any atom is 0.231 e. The SMILES string of the molecule is CSCCNCC(O)c1ccc2c(c1)OCO2. The van der Waals surface area contributed by atoms with Gasteiger partial charge in [-0.2, -0.15) is 11.8 Å². The average molecular weight is 255 g/mol. The second-order valence-electron chi connectivity index (χ2n) is 3.83. The molecule has 1 atom stereocenters. The zero-order chi connectivity index (χ0) is 12.1. The standard InChI is InChI=1S/C12H17NO3S/c1-17-5-4-13-7-10(14)9-2-3-11-12(6-9)16-8-15-11/h2-3,6,10,13-14H,4-5,7-8H2,1H3. The van der Waals surface area contributed by atoms with Crippen LogP contribution < -0.4 is 14.8 Å². The van der Waals surface area contributed by atoms with Gasteiger partial charge in [-0.15, -0.1) is 0 Å². The van der Waals surface area contributed by atoms with Gasteiger partial charge >= 0.3 is 0 Å². The summed E-state index contributed by atoms with van der Waals surface area (Å²) in [5.74, 6) is 2.51. The summed E-state index contributed by atoms with van der Waals surface area (Å²) in [5, 5.41) is 13.2. The van der Waals surface area contributed by atoms with E-state index in [4.69, 9.17) is 9.47 Å². The molecule has 1 aromatic rings. The van der Waals surface area contributed by atoms with Crippen LogP contribution in [0, 0.1) is 0 Å². The molecular formula is C12H17NO3S. The smallest absolute Gasteiger partial charge is 0.231 e. The zero-order valence-corrected chi connectivity index (χ0v) is 10.6. The van der Waals surface area contributed by atoms with Crippen LogP contribution in [0.1, 0.15) is 11.7 Å². The van der Waals surface area contributed by atoms with Gasteiger partial charge in [0.1, 0.15) is 0 Å². The first-order chi connectivity index (χ1) is 8.31. The third-order valence-electron chi connectivity index (χ3n) is 2.60. The van der Waals surface area contributed by atoms with Gasteiger partial charge in [0.25, 0.3) is 0 Å². The van der Waals surface area contributed by atoms with Crippen LogP contribution >= 0.6 is 11.8 Å². The molecule has 1 aliphatic rings. The summed E-state index contributed by atoms with van der Waals surface area (Å²) < 4.78 is 10.5. The van der Waals surface area contributed by atoms with Gasteiger partial charge in [0.2, 0.25) is 6.79 Å². The van der Waals surface area contributed by atoms with Crippen molar-refractivity contribution in [2.24, 2.45) is 0 Å². The number of thioether (sulfide) groups is 1. The van der Waals surface area contributed by atoms with E-state index >= 15 is 0 Å². The van der Waals surface area contributed by atoms with Crippen LogP contribution in [0.4, 0.5) is 0 Å². The molecule has 0 radical (unpaired) electrons. The van der Waals surface area contributed by atoms with Crippen molar-refractivity contribution in [3.05, 3.63) is 23.8 Å². The Morgan fingerprint density at radius 1 is 1.41 bits per heavy atom. The maximum atomic E-state index is 9.99. The summed E-state index contributed by atoms with van der Waals surface area (Å²) in [4.78, 5) is 0. The van der Waals surface area contributed by atoms with Crippen molar-refractivity contribution in [3.63, 3.8) is 0 Å². The van der Waals surface area contributed by atoms with Crippen LogP contribution in [-0.2, 0) is 0 Å². The van der Waals surface area contributed by atoms with Gasteiger partial charge in [-0.1, -0.05) is 6.07 Å². The second-order valence-corrected chi connectivity index (χ2v) is 4.81. The number of hydrogen-bond donors (Lipinski definition) is 2. The fourth-order valence-electron chi connectivity index (χ4n) is 1.65. The first kappa shape index (κ1) is 12.5. The fraction of sp³-hybridized carbons (Fsp3) is 0.500. The fourth-order valence-corrected chi connectivity index (χ4v) is 2.00. The highest BCUT2D eigenvalue weighted by atomic mass is 32.2. The molecule has 1 aliphatic heterocycles. The Balaban J connectivity index is 1.88. The monoisotopic (exact) mass is 255 g/mol. The van der Waals surface area contributed by atoms with Gasteiger partial charge in [0, 0.05) is 18.8 Å². The van der Waals surface area contributed by atoms with Crippen LogP contribution in [-0.4, -0.2) is 37.0 Å². The van der Waals surface area contributed by atoms with Gasteiger partial charge in [0.15, 0.2) is 11.5 Å². The molecule has 0 fully saturated rings. The van der Waals surface area contributed by atoms with Crippen LogP contribution in [0.5, 0.6) is 11.5 Å². The normalized spacial score (nSPS) is 14.9. The highest BCUT2D eigenvalue weighted by Crippen LogP contribution is 2.33. The molecule has 4 nitrogen and oxygen atoms in total. The first-order valence-corrected chi connectivity index (χ1v) is 6.98. The molecule has 2 rings (SSSR count). The molecule has 0 spiro atoms. The molecule has 0 amide bonds. The number of hydrogen-bond acceptors (Lipinski definition) is 5. The summed E-state index contributed by atoms with van der Waals surface area (Å²) in [6.07, 6.45) is 1.56. The van der Waals surface area contributed by atoms with Crippen molar-refractivity contribution in [1.29, 1.82) is 0 Å². The predicted molar refractivity (Wildman–Crippen MR) is 68.8 cm³/mol. The van der Waals surface area contributed by atoms with Crippen LogP contribution in [0.15, 0.2) is 18.2 Å². The third kappa shape index (κ3) is 3.28. The summed E-state index contributed by atoms with van der Waals surface area (Å²) in [5.41, 5.74) is 0.853. The van der Waals surface area contributed by atoms with E-state index in [0.717, 1.165) is 23.6 Å². The lowest BCUT2D eigenvalue weighted by Gasteiger charge is -2.12. The summed E-state index contributed by atoms with van der Waals surface area (Å²) in [6.45, 7) is 1.73. The molecule has 1 unspecified atom stereocenters. The van der Waals surface area contributed by atoms with E-state index in [1.54, 1.807) is 11.8 Å². The number of fused-ring (bicyclic) bond motifs is 1. The van der Waals surface area contributed by atoms with Crippen molar-refractivity contribution in [1.82, 2.24) is 5.32 Å². The molecule has 17 heavy (non-hydrogen) atoms. The maximum absolute atomic E-state index is 9.99. The molecule has 1 aromatic carbocycles. The van der Waals surface area contributed by atoms with Gasteiger partial charge in [-0.05, 0) is 24.0 Å². The van der Waals surface area contributed by atoms with Gasteiger partial charge < -0.3 is 19.9 Å². The van der Waals surface area contributed by atoms with Gasteiger partial charge in [-0.3, -0.25) is 0 Å². The van der Waals surface area contributed by atoms with Crippen molar-refractivity contribution in [2.45, 2.75) is 6.10 Å². The predicted octanol–water partition coefficient (Wildman–Crippen LogP) is 1.40. The number of aliphatic hydroxyl groups is 1. The topological polar surface area (TPSA) is 50.7 Å². The molecule has 0 saturated carbocycles. The molecule has 0 aliphatic carbocycles. The second kappa shape index (κ2) is 6.14. The zero-order valence-electron chi connectivity index (χ0n) is 9.81. The minimum absolute atomic E-state index is 0.265. The highest BCUT2D eigenvalue weighted by Gasteiger charge is 2.16. The molecule has 94 valence electrons. The van der Waals surface area contributed by atoms with Crippen molar-refractivity contribution >= 4 is 11.8 Å². The van der Waals surface area contributed by atoms with E-state index < -0.39 is 6.10 Å². The Morgan fingerprint density at radius 2 is 2.24 bits per heavy atom. The van der Waals surface area contributed by atoms with E-state index in [1.807, 2.05) is 18.2 Å². The molecule has 0 saturated heterocycles. The summed E-state index contributed by atoms with van der Waals surface area (Å²) in [7, 11) is 0. The average Bonchev–Trinajstić information content (AvgIpc) is 2.81. The van der Waals surface area contributed by atoms with Crippen molar-refractivity contribution in [2.75, 3.05) is 31.9 Å². The van der Waals surface area contributed by atoms with E-state index in [2.05, 4.69) is 11.6 Å². The van der Waals surface area contributed by atoms with E-state index in [9.17, 15) is 5.11 Å². The number of rotatable bonds is 6. The minimum Gasteiger partial charge on any atom is -0.454 e. The largest absolute Gasteiger partial charge is 0.454 e. The number of aliphatic hydroxyl groups excluding tert-OH is 1. The molecule has 5 heteroatoms.